The highest BCUT2D eigenvalue weighted by Gasteiger charge is 2.11. The van der Waals surface area contributed by atoms with Gasteiger partial charge in [-0.15, -0.1) is 0 Å². The fourth-order valence-corrected chi connectivity index (χ4v) is 2.09. The van der Waals surface area contributed by atoms with E-state index in [9.17, 15) is 13.2 Å². The molecule has 4 heteroatoms. The summed E-state index contributed by atoms with van der Waals surface area (Å²) in [6, 6.07) is 9.81. The van der Waals surface area contributed by atoms with Crippen molar-refractivity contribution < 1.29 is 13.2 Å². The molecule has 0 radical (unpaired) electrons. The van der Waals surface area contributed by atoms with Gasteiger partial charge in [-0.25, -0.2) is 13.2 Å². The monoisotopic (exact) mass is 279 g/mol. The van der Waals surface area contributed by atoms with Crippen molar-refractivity contribution in [3.05, 3.63) is 71.0 Å². The minimum absolute atomic E-state index is 0.241. The summed E-state index contributed by atoms with van der Waals surface area (Å²) >= 11 is 0. The van der Waals surface area contributed by atoms with Crippen LogP contribution in [0.2, 0.25) is 0 Å². The van der Waals surface area contributed by atoms with Crippen molar-refractivity contribution in [1.82, 2.24) is 5.32 Å². The molecule has 2 aromatic carbocycles. The lowest BCUT2D eigenvalue weighted by atomic mass is 10.1. The number of rotatable bonds is 5. The first-order valence-corrected chi connectivity index (χ1v) is 6.49. The van der Waals surface area contributed by atoms with E-state index in [1.54, 1.807) is 25.1 Å². The Morgan fingerprint density at radius 3 is 2.45 bits per heavy atom. The highest BCUT2D eigenvalue weighted by molar-refractivity contribution is 5.22. The summed E-state index contributed by atoms with van der Waals surface area (Å²) in [5.41, 5.74) is 1.02. The smallest absolute Gasteiger partial charge is 0.130 e. The molecule has 0 heterocycles. The Hall–Kier alpha value is -1.81. The standard InChI is InChI=1S/C16H16F3N/c1-11(14-7-6-13(17)10-16(14)19)20-9-8-12-4-2-3-5-15(12)18/h2-7,10-11,20H,8-9H2,1H3. The van der Waals surface area contributed by atoms with E-state index in [0.29, 0.717) is 24.1 Å². The van der Waals surface area contributed by atoms with E-state index in [1.807, 2.05) is 0 Å². The molecule has 0 saturated heterocycles. The Balaban J connectivity index is 1.92. The molecule has 0 fully saturated rings. The molecule has 0 spiro atoms. The van der Waals surface area contributed by atoms with Crippen molar-refractivity contribution in [2.75, 3.05) is 6.54 Å². The number of benzene rings is 2. The predicted molar refractivity (Wildman–Crippen MR) is 72.9 cm³/mol. The third-order valence-electron chi connectivity index (χ3n) is 3.23. The lowest BCUT2D eigenvalue weighted by molar-refractivity contribution is 0.516. The van der Waals surface area contributed by atoms with Gasteiger partial charge in [0.2, 0.25) is 0 Å². The number of hydrogen-bond acceptors (Lipinski definition) is 1. The summed E-state index contributed by atoms with van der Waals surface area (Å²) < 4.78 is 39.8. The SMILES string of the molecule is CC(NCCc1ccccc1F)c1ccc(F)cc1F. The summed E-state index contributed by atoms with van der Waals surface area (Å²) in [7, 11) is 0. The molecule has 1 unspecified atom stereocenters. The Morgan fingerprint density at radius 2 is 1.75 bits per heavy atom. The van der Waals surface area contributed by atoms with Crippen LogP contribution in [0.4, 0.5) is 13.2 Å². The fraction of sp³-hybridized carbons (Fsp3) is 0.250. The van der Waals surface area contributed by atoms with Crippen molar-refractivity contribution in [3.8, 4) is 0 Å². The summed E-state index contributed by atoms with van der Waals surface area (Å²) in [5, 5.41) is 3.11. The van der Waals surface area contributed by atoms with Crippen molar-refractivity contribution in [1.29, 1.82) is 0 Å². The zero-order valence-corrected chi connectivity index (χ0v) is 11.2. The molecule has 0 aromatic heterocycles. The van der Waals surface area contributed by atoms with Gasteiger partial charge in [-0.2, -0.15) is 0 Å². The van der Waals surface area contributed by atoms with Crippen molar-refractivity contribution in [2.24, 2.45) is 0 Å². The number of halogens is 3. The summed E-state index contributed by atoms with van der Waals surface area (Å²) in [6.07, 6.45) is 0.514. The second-order valence-corrected chi connectivity index (χ2v) is 4.68. The summed E-state index contributed by atoms with van der Waals surface area (Å²) in [5.74, 6) is -1.41. The molecule has 106 valence electrons. The highest BCUT2D eigenvalue weighted by Crippen LogP contribution is 2.17. The van der Waals surface area contributed by atoms with E-state index in [1.165, 1.54) is 18.2 Å². The molecule has 0 amide bonds. The van der Waals surface area contributed by atoms with Gasteiger partial charge in [0.05, 0.1) is 0 Å². The molecule has 1 atom stereocenters. The van der Waals surface area contributed by atoms with Crippen molar-refractivity contribution in [2.45, 2.75) is 19.4 Å². The first-order valence-electron chi connectivity index (χ1n) is 6.49. The molecular formula is C16H16F3N. The van der Waals surface area contributed by atoms with Crippen LogP contribution in [0.25, 0.3) is 0 Å². The largest absolute Gasteiger partial charge is 0.310 e. The van der Waals surface area contributed by atoms with Crippen LogP contribution in [0, 0.1) is 17.5 Å². The van der Waals surface area contributed by atoms with Gasteiger partial charge in [-0.3, -0.25) is 0 Å². The van der Waals surface area contributed by atoms with Gasteiger partial charge < -0.3 is 5.32 Å². The number of nitrogens with one attached hydrogen (secondary N) is 1. The van der Waals surface area contributed by atoms with Crippen LogP contribution in [0.15, 0.2) is 42.5 Å². The van der Waals surface area contributed by atoms with E-state index in [2.05, 4.69) is 5.32 Å². The third-order valence-corrected chi connectivity index (χ3v) is 3.23. The summed E-state index contributed by atoms with van der Waals surface area (Å²) in [6.45, 7) is 2.30. The second kappa shape index (κ2) is 6.57. The molecule has 0 aliphatic rings. The second-order valence-electron chi connectivity index (χ2n) is 4.68. The zero-order chi connectivity index (χ0) is 14.5. The first-order chi connectivity index (χ1) is 9.58. The van der Waals surface area contributed by atoms with E-state index in [0.717, 1.165) is 6.07 Å². The Morgan fingerprint density at radius 1 is 1.00 bits per heavy atom. The van der Waals surface area contributed by atoms with Crippen LogP contribution in [0.3, 0.4) is 0 Å². The lowest BCUT2D eigenvalue weighted by Gasteiger charge is -2.15. The van der Waals surface area contributed by atoms with Gasteiger partial charge in [0, 0.05) is 17.7 Å². The van der Waals surface area contributed by atoms with Gasteiger partial charge in [0.1, 0.15) is 17.5 Å². The van der Waals surface area contributed by atoms with Crippen molar-refractivity contribution in [3.63, 3.8) is 0 Å². The molecule has 0 aliphatic carbocycles. The summed E-state index contributed by atoms with van der Waals surface area (Å²) in [4.78, 5) is 0. The molecule has 2 rings (SSSR count). The lowest BCUT2D eigenvalue weighted by Crippen LogP contribution is -2.22. The van der Waals surface area contributed by atoms with Gasteiger partial charge in [-0.05, 0) is 37.6 Å². The Labute approximate surface area is 116 Å². The van der Waals surface area contributed by atoms with E-state index >= 15 is 0 Å². The first kappa shape index (κ1) is 14.6. The van der Waals surface area contributed by atoms with E-state index in [4.69, 9.17) is 0 Å². The van der Waals surface area contributed by atoms with Crippen LogP contribution in [0.1, 0.15) is 24.1 Å². The molecule has 1 N–H and O–H groups in total. The quantitative estimate of drug-likeness (QED) is 0.872. The van der Waals surface area contributed by atoms with Crippen LogP contribution in [0.5, 0.6) is 0 Å². The molecule has 20 heavy (non-hydrogen) atoms. The third kappa shape index (κ3) is 3.61. The molecule has 0 saturated carbocycles. The number of hydrogen-bond donors (Lipinski definition) is 1. The van der Waals surface area contributed by atoms with E-state index in [-0.39, 0.29) is 11.9 Å². The minimum Gasteiger partial charge on any atom is -0.310 e. The van der Waals surface area contributed by atoms with Crippen LogP contribution in [-0.4, -0.2) is 6.54 Å². The zero-order valence-electron chi connectivity index (χ0n) is 11.2. The average Bonchev–Trinajstić information content (AvgIpc) is 2.40. The predicted octanol–water partition coefficient (Wildman–Crippen LogP) is 4.00. The van der Waals surface area contributed by atoms with Gasteiger partial charge in [-0.1, -0.05) is 24.3 Å². The highest BCUT2D eigenvalue weighted by atomic mass is 19.1. The molecule has 0 aliphatic heterocycles. The van der Waals surface area contributed by atoms with Crippen LogP contribution in [-0.2, 0) is 6.42 Å². The average molecular weight is 279 g/mol. The molecule has 1 nitrogen and oxygen atoms in total. The van der Waals surface area contributed by atoms with Crippen molar-refractivity contribution >= 4 is 0 Å². The topological polar surface area (TPSA) is 12.0 Å². The molecular weight excluding hydrogens is 263 g/mol. The Kier molecular flexibility index (Phi) is 4.79. The van der Waals surface area contributed by atoms with Gasteiger partial charge in [0.15, 0.2) is 0 Å². The van der Waals surface area contributed by atoms with Gasteiger partial charge >= 0.3 is 0 Å². The fourth-order valence-electron chi connectivity index (χ4n) is 2.09. The Bertz CT molecular complexity index is 584. The molecule has 2 aromatic rings. The van der Waals surface area contributed by atoms with E-state index < -0.39 is 11.6 Å². The van der Waals surface area contributed by atoms with Gasteiger partial charge in [0.25, 0.3) is 0 Å². The van der Waals surface area contributed by atoms with Crippen LogP contribution < -0.4 is 5.32 Å². The maximum atomic E-state index is 13.6. The maximum absolute atomic E-state index is 13.6. The van der Waals surface area contributed by atoms with Crippen LogP contribution >= 0.6 is 0 Å². The normalized spacial score (nSPS) is 12.4. The maximum Gasteiger partial charge on any atom is 0.130 e. The molecule has 0 bridgehead atoms. The minimum atomic E-state index is -0.593.